The highest BCUT2D eigenvalue weighted by Gasteiger charge is 2.62. The number of carbonyl (C=O) groups excluding carboxylic acids is 1. The summed E-state index contributed by atoms with van der Waals surface area (Å²) < 4.78 is 7.62. The monoisotopic (exact) mass is 724 g/mol. The second kappa shape index (κ2) is 14.0. The summed E-state index contributed by atoms with van der Waals surface area (Å²) in [4.78, 5) is 27.5. The summed E-state index contributed by atoms with van der Waals surface area (Å²) in [6.45, 7) is 9.12. The first-order valence-electron chi connectivity index (χ1n) is 18.7. The van der Waals surface area contributed by atoms with Gasteiger partial charge in [0.1, 0.15) is 5.82 Å². The Bertz CT molecular complexity index is 2010. The number of amides is 1. The van der Waals surface area contributed by atoms with E-state index in [9.17, 15) is 4.79 Å². The molecule has 0 unspecified atom stereocenters. The van der Waals surface area contributed by atoms with Crippen molar-refractivity contribution in [2.75, 3.05) is 10.2 Å². The third-order valence-electron chi connectivity index (χ3n) is 11.3. The number of hydrogen-bond donors (Lipinski definition) is 1. The number of anilines is 3. The number of thioether (sulfide) groups is 1. The maximum absolute atomic E-state index is 14.4. The topological polar surface area (TPSA) is 67.3 Å². The van der Waals surface area contributed by atoms with Crippen LogP contribution in [0.4, 0.5) is 17.5 Å². The minimum Gasteiger partial charge on any atom is -0.404 e. The summed E-state index contributed by atoms with van der Waals surface area (Å²) >= 11 is 1.83. The van der Waals surface area contributed by atoms with Gasteiger partial charge in [0.05, 0.1) is 5.41 Å². The minimum atomic E-state index is -2.74. The van der Waals surface area contributed by atoms with Gasteiger partial charge in [0.25, 0.3) is 8.32 Å². The van der Waals surface area contributed by atoms with Crippen LogP contribution in [0.15, 0.2) is 120 Å². The Morgan fingerprint density at radius 2 is 1.56 bits per heavy atom. The minimum absolute atomic E-state index is 0.0219. The lowest BCUT2D eigenvalue weighted by atomic mass is 9.92. The van der Waals surface area contributed by atoms with E-state index in [0.29, 0.717) is 5.95 Å². The smallest absolute Gasteiger partial charge is 0.261 e. The van der Waals surface area contributed by atoms with Gasteiger partial charge in [0, 0.05) is 40.2 Å². The van der Waals surface area contributed by atoms with Crippen molar-refractivity contribution in [1.82, 2.24) is 9.97 Å². The van der Waals surface area contributed by atoms with E-state index in [1.165, 1.54) is 20.8 Å². The predicted octanol–water partition coefficient (Wildman–Crippen LogP) is 9.09. The first kappa shape index (κ1) is 34.8. The van der Waals surface area contributed by atoms with Crippen LogP contribution in [0.2, 0.25) is 5.04 Å². The van der Waals surface area contributed by atoms with E-state index in [-0.39, 0.29) is 23.1 Å². The molecule has 2 fully saturated rings. The van der Waals surface area contributed by atoms with Crippen LogP contribution in [-0.4, -0.2) is 36.3 Å². The third kappa shape index (κ3) is 6.39. The fraction of sp³-hybridized carbons (Fsp3) is 0.341. The molecule has 6 nitrogen and oxygen atoms in total. The number of nitrogens with one attached hydrogen (secondary N) is 1. The maximum Gasteiger partial charge on any atom is 0.261 e. The fourth-order valence-electron chi connectivity index (χ4n) is 8.47. The molecular weight excluding hydrogens is 677 g/mol. The summed E-state index contributed by atoms with van der Waals surface area (Å²) in [5.41, 5.74) is 3.93. The molecule has 0 bridgehead atoms. The number of aryl methyl sites for hydroxylation is 1. The molecule has 2 atom stereocenters. The largest absolute Gasteiger partial charge is 0.404 e. The van der Waals surface area contributed by atoms with Crippen molar-refractivity contribution in [3.8, 4) is 0 Å². The molecule has 266 valence electrons. The van der Waals surface area contributed by atoms with Crippen LogP contribution in [0, 0.1) is 6.92 Å². The van der Waals surface area contributed by atoms with Crippen LogP contribution < -0.4 is 20.6 Å². The molecule has 1 aliphatic heterocycles. The summed E-state index contributed by atoms with van der Waals surface area (Å²) in [7, 11) is -2.74. The van der Waals surface area contributed by atoms with Crippen LogP contribution in [0.3, 0.4) is 0 Å². The number of fused-ring (bicyclic) bond motifs is 2. The summed E-state index contributed by atoms with van der Waals surface area (Å²) in [6.07, 6.45) is 7.38. The van der Waals surface area contributed by atoms with E-state index in [1.807, 2.05) is 22.9 Å². The van der Waals surface area contributed by atoms with E-state index in [0.717, 1.165) is 66.9 Å². The molecule has 1 spiro atoms. The molecule has 52 heavy (non-hydrogen) atoms. The van der Waals surface area contributed by atoms with E-state index in [4.69, 9.17) is 14.4 Å². The van der Waals surface area contributed by atoms with E-state index >= 15 is 0 Å². The summed E-state index contributed by atoms with van der Waals surface area (Å²) in [6, 6.07) is 38.8. The molecule has 0 saturated heterocycles. The zero-order valence-electron chi connectivity index (χ0n) is 30.6. The van der Waals surface area contributed by atoms with Crippen molar-refractivity contribution in [3.05, 3.63) is 132 Å². The first-order valence-corrected chi connectivity index (χ1v) is 21.6. The molecule has 4 aromatic carbocycles. The van der Waals surface area contributed by atoms with Gasteiger partial charge >= 0.3 is 0 Å². The second-order valence-corrected chi connectivity index (χ2v) is 21.1. The summed E-state index contributed by atoms with van der Waals surface area (Å²) in [5.74, 6) is 2.43. The van der Waals surface area contributed by atoms with Gasteiger partial charge in [-0.05, 0) is 90.2 Å². The second-order valence-electron chi connectivity index (χ2n) is 15.8. The van der Waals surface area contributed by atoms with Crippen molar-refractivity contribution in [2.24, 2.45) is 0 Å². The van der Waals surface area contributed by atoms with Crippen molar-refractivity contribution in [2.45, 2.75) is 99.5 Å². The van der Waals surface area contributed by atoms with Gasteiger partial charge in [-0.25, -0.2) is 4.98 Å². The number of hydrogen-bond acceptors (Lipinski definition) is 6. The SMILES string of the molecule is Cc1cc(SCc2ccccc2)ccc1Nc1ncc2c(n1)N([C@@H]1CCC[C@@H](O[Si](c3ccccc3)(c3ccccc3)C(C)(C)C)C1)C(=O)C21CC1. The van der Waals surface area contributed by atoms with Crippen LogP contribution in [0.1, 0.15) is 76.0 Å². The number of nitrogens with zero attached hydrogens (tertiary/aromatic N) is 3. The average molecular weight is 725 g/mol. The van der Waals surface area contributed by atoms with Crippen LogP contribution in [0.5, 0.6) is 0 Å². The van der Waals surface area contributed by atoms with Gasteiger partial charge < -0.3 is 9.74 Å². The van der Waals surface area contributed by atoms with Gasteiger partial charge in [0.2, 0.25) is 11.9 Å². The third-order valence-corrected chi connectivity index (χ3v) is 17.5. The molecule has 3 aliphatic rings. The zero-order valence-corrected chi connectivity index (χ0v) is 32.5. The predicted molar refractivity (Wildman–Crippen MR) is 216 cm³/mol. The van der Waals surface area contributed by atoms with E-state index in [2.05, 4.69) is 142 Å². The zero-order chi connectivity index (χ0) is 35.9. The lowest BCUT2D eigenvalue weighted by Gasteiger charge is -2.47. The molecule has 1 amide bonds. The van der Waals surface area contributed by atoms with Crippen molar-refractivity contribution in [1.29, 1.82) is 0 Å². The van der Waals surface area contributed by atoms with Crippen molar-refractivity contribution >= 4 is 53.8 Å². The highest BCUT2D eigenvalue weighted by atomic mass is 32.2. The van der Waals surface area contributed by atoms with Gasteiger partial charge in [0.15, 0.2) is 0 Å². The molecule has 8 rings (SSSR count). The number of aromatic nitrogens is 2. The lowest BCUT2D eigenvalue weighted by molar-refractivity contribution is -0.120. The van der Waals surface area contributed by atoms with Crippen LogP contribution in [-0.2, 0) is 20.4 Å². The Kier molecular flexibility index (Phi) is 9.34. The Labute approximate surface area is 313 Å². The highest BCUT2D eigenvalue weighted by molar-refractivity contribution is 7.98. The number of benzene rings is 4. The van der Waals surface area contributed by atoms with E-state index < -0.39 is 13.7 Å². The highest BCUT2D eigenvalue weighted by Crippen LogP contribution is 2.58. The summed E-state index contributed by atoms with van der Waals surface area (Å²) in [5, 5.41) is 5.96. The van der Waals surface area contributed by atoms with Gasteiger partial charge in [-0.3, -0.25) is 9.69 Å². The first-order chi connectivity index (χ1) is 25.2. The Morgan fingerprint density at radius 1 is 0.904 bits per heavy atom. The van der Waals surface area contributed by atoms with Gasteiger partial charge in [-0.15, -0.1) is 11.8 Å². The van der Waals surface area contributed by atoms with E-state index in [1.54, 1.807) is 0 Å². The molecule has 1 aromatic heterocycles. The van der Waals surface area contributed by atoms with Crippen molar-refractivity contribution < 1.29 is 9.22 Å². The van der Waals surface area contributed by atoms with Gasteiger partial charge in [-0.2, -0.15) is 4.98 Å². The Hall–Kier alpha value is -4.24. The molecule has 2 saturated carbocycles. The Morgan fingerprint density at radius 3 is 2.17 bits per heavy atom. The average Bonchev–Trinajstić information content (AvgIpc) is 3.93. The normalized spacial score (nSPS) is 19.5. The lowest BCUT2D eigenvalue weighted by Crippen LogP contribution is -2.68. The molecular formula is C44H48N4O2SSi. The number of rotatable bonds is 10. The van der Waals surface area contributed by atoms with Crippen LogP contribution in [0.25, 0.3) is 0 Å². The van der Waals surface area contributed by atoms with Crippen LogP contribution >= 0.6 is 11.8 Å². The molecule has 1 N–H and O–H groups in total. The fourth-order valence-corrected chi connectivity index (χ4v) is 14.2. The molecule has 0 radical (unpaired) electrons. The maximum atomic E-state index is 14.4. The van der Waals surface area contributed by atoms with Gasteiger partial charge in [-0.1, -0.05) is 112 Å². The molecule has 5 aromatic rings. The molecule has 2 heterocycles. The Balaban J connectivity index is 1.05. The number of carbonyl (C=O) groups is 1. The quantitative estimate of drug-likeness (QED) is 0.115. The van der Waals surface area contributed by atoms with Crippen molar-refractivity contribution in [3.63, 3.8) is 0 Å². The standard InChI is InChI=1S/C44H48N4O2SSi/c1-31-27-35(51-30-32-15-8-5-9-16-32)23-24-39(31)46-42-45-29-38-40(47-42)48(41(49)44(38)25-26-44)33-17-14-18-34(28-33)50-52(43(2,3)4,36-19-10-6-11-20-36)37-21-12-7-13-22-37/h5-13,15-16,19-24,27,29,33-34H,14,17-18,25-26,28,30H2,1-4H3,(H,45,46,47)/t33-,34-/m1/s1. The molecule has 8 heteroatoms. The molecule has 2 aliphatic carbocycles.